The van der Waals surface area contributed by atoms with E-state index in [1.54, 1.807) is 13.0 Å². The fourth-order valence-corrected chi connectivity index (χ4v) is 3.42. The standard InChI is InChI=1S/C11H15ClN2O3S/c1-3-14-11(15)7(2)18(16,17)10-8(12)5-4-6-9(10)13/h4-7H,3,13H2,1-2H3,(H,14,15). The monoisotopic (exact) mass is 290 g/mol. The van der Waals surface area contributed by atoms with Gasteiger partial charge in [0.15, 0.2) is 9.84 Å². The van der Waals surface area contributed by atoms with E-state index >= 15 is 0 Å². The van der Waals surface area contributed by atoms with E-state index in [-0.39, 0.29) is 15.6 Å². The molecule has 0 aliphatic carbocycles. The van der Waals surface area contributed by atoms with E-state index in [1.807, 2.05) is 0 Å². The first kappa shape index (κ1) is 14.8. The molecule has 0 saturated heterocycles. The number of carbonyl (C=O) groups excluding carboxylic acids is 1. The molecule has 0 aliphatic heterocycles. The van der Waals surface area contributed by atoms with Gasteiger partial charge in [-0.25, -0.2) is 8.42 Å². The van der Waals surface area contributed by atoms with Crippen molar-refractivity contribution in [2.24, 2.45) is 0 Å². The van der Waals surface area contributed by atoms with Gasteiger partial charge >= 0.3 is 0 Å². The lowest BCUT2D eigenvalue weighted by Gasteiger charge is -2.15. The van der Waals surface area contributed by atoms with Gasteiger partial charge in [-0.15, -0.1) is 0 Å². The number of carbonyl (C=O) groups is 1. The topological polar surface area (TPSA) is 89.3 Å². The Bertz CT molecular complexity index is 537. The highest BCUT2D eigenvalue weighted by atomic mass is 35.5. The molecule has 5 nitrogen and oxygen atoms in total. The van der Waals surface area contributed by atoms with E-state index in [0.717, 1.165) is 0 Å². The van der Waals surface area contributed by atoms with Crippen molar-refractivity contribution in [3.8, 4) is 0 Å². The zero-order chi connectivity index (χ0) is 13.9. The Morgan fingerprint density at radius 2 is 2.11 bits per heavy atom. The molecular weight excluding hydrogens is 276 g/mol. The van der Waals surface area contributed by atoms with Crippen LogP contribution in [0.25, 0.3) is 0 Å². The highest BCUT2D eigenvalue weighted by Gasteiger charge is 2.32. The van der Waals surface area contributed by atoms with Gasteiger partial charge in [0.05, 0.1) is 10.7 Å². The number of sulfone groups is 1. The van der Waals surface area contributed by atoms with Crippen LogP contribution in [0.1, 0.15) is 13.8 Å². The highest BCUT2D eigenvalue weighted by Crippen LogP contribution is 2.30. The van der Waals surface area contributed by atoms with E-state index in [9.17, 15) is 13.2 Å². The SMILES string of the molecule is CCNC(=O)C(C)S(=O)(=O)c1c(N)cccc1Cl. The lowest BCUT2D eigenvalue weighted by atomic mass is 10.3. The molecule has 18 heavy (non-hydrogen) atoms. The molecule has 0 fully saturated rings. The number of anilines is 1. The minimum Gasteiger partial charge on any atom is -0.398 e. The maximum atomic E-state index is 12.3. The fourth-order valence-electron chi connectivity index (χ4n) is 1.46. The summed E-state index contributed by atoms with van der Waals surface area (Å²) in [5.41, 5.74) is 5.66. The third-order valence-corrected chi connectivity index (χ3v) is 5.06. The van der Waals surface area contributed by atoms with Gasteiger partial charge in [0.2, 0.25) is 5.91 Å². The number of hydrogen-bond donors (Lipinski definition) is 2. The molecule has 0 saturated carbocycles. The summed E-state index contributed by atoms with van der Waals surface area (Å²) >= 11 is 5.85. The molecule has 0 heterocycles. The molecule has 1 atom stereocenters. The van der Waals surface area contributed by atoms with Gasteiger partial charge in [-0.1, -0.05) is 17.7 Å². The lowest BCUT2D eigenvalue weighted by Crippen LogP contribution is -2.38. The number of nitrogens with two attached hydrogens (primary N) is 1. The van der Waals surface area contributed by atoms with E-state index in [0.29, 0.717) is 6.54 Å². The van der Waals surface area contributed by atoms with Crippen LogP contribution < -0.4 is 11.1 Å². The van der Waals surface area contributed by atoms with Gasteiger partial charge in [-0.2, -0.15) is 0 Å². The quantitative estimate of drug-likeness (QED) is 0.816. The van der Waals surface area contributed by atoms with E-state index in [1.165, 1.54) is 19.1 Å². The van der Waals surface area contributed by atoms with Crippen LogP contribution in [-0.2, 0) is 14.6 Å². The fraction of sp³-hybridized carbons (Fsp3) is 0.364. The van der Waals surface area contributed by atoms with Crippen LogP contribution in [-0.4, -0.2) is 26.1 Å². The van der Waals surface area contributed by atoms with Gasteiger partial charge in [0, 0.05) is 6.54 Å². The zero-order valence-electron chi connectivity index (χ0n) is 10.1. The summed E-state index contributed by atoms with van der Waals surface area (Å²) in [4.78, 5) is 11.4. The minimum atomic E-state index is -3.89. The highest BCUT2D eigenvalue weighted by molar-refractivity contribution is 7.93. The second-order valence-electron chi connectivity index (χ2n) is 3.74. The summed E-state index contributed by atoms with van der Waals surface area (Å²) in [5.74, 6) is -0.572. The third kappa shape index (κ3) is 2.76. The molecular formula is C11H15ClN2O3S. The Hall–Kier alpha value is -1.27. The lowest BCUT2D eigenvalue weighted by molar-refractivity contribution is -0.120. The van der Waals surface area contributed by atoms with Crippen LogP contribution in [0, 0.1) is 0 Å². The summed E-state index contributed by atoms with van der Waals surface area (Å²) in [6.45, 7) is 3.38. The number of amides is 1. The van der Waals surface area contributed by atoms with Gasteiger partial charge in [-0.3, -0.25) is 4.79 Å². The Kier molecular flexibility index (Phi) is 4.59. The Morgan fingerprint density at radius 1 is 1.50 bits per heavy atom. The van der Waals surface area contributed by atoms with Gasteiger partial charge in [0.1, 0.15) is 10.1 Å². The second kappa shape index (κ2) is 5.58. The summed E-state index contributed by atoms with van der Waals surface area (Å²) < 4.78 is 24.5. The van der Waals surface area contributed by atoms with Gasteiger partial charge < -0.3 is 11.1 Å². The Balaban J connectivity index is 3.26. The van der Waals surface area contributed by atoms with Crippen LogP contribution in [0.5, 0.6) is 0 Å². The van der Waals surface area contributed by atoms with Crippen molar-refractivity contribution in [1.82, 2.24) is 5.32 Å². The molecule has 100 valence electrons. The molecule has 0 spiro atoms. The first-order valence-electron chi connectivity index (χ1n) is 5.38. The summed E-state index contributed by atoms with van der Waals surface area (Å²) in [6.07, 6.45) is 0. The molecule has 0 radical (unpaired) electrons. The Morgan fingerprint density at radius 3 is 2.61 bits per heavy atom. The first-order valence-corrected chi connectivity index (χ1v) is 7.30. The minimum absolute atomic E-state index is 0.0196. The zero-order valence-corrected chi connectivity index (χ0v) is 11.7. The third-order valence-electron chi connectivity index (χ3n) is 2.47. The smallest absolute Gasteiger partial charge is 0.238 e. The molecule has 1 unspecified atom stereocenters. The summed E-state index contributed by atoms with van der Waals surface area (Å²) in [7, 11) is -3.89. The molecule has 1 rings (SSSR count). The molecule has 1 aromatic rings. The summed E-state index contributed by atoms with van der Waals surface area (Å²) in [6, 6.07) is 4.41. The van der Waals surface area contributed by atoms with Crippen LogP contribution >= 0.6 is 11.6 Å². The van der Waals surface area contributed by atoms with Crippen molar-refractivity contribution >= 4 is 33.0 Å². The number of rotatable bonds is 4. The molecule has 0 aromatic heterocycles. The van der Waals surface area contributed by atoms with Crippen LogP contribution in [0.2, 0.25) is 5.02 Å². The Labute approximate surface area is 111 Å². The van der Waals surface area contributed by atoms with Crippen LogP contribution in [0.15, 0.2) is 23.1 Å². The van der Waals surface area contributed by atoms with E-state index in [4.69, 9.17) is 17.3 Å². The van der Waals surface area contributed by atoms with Crippen molar-refractivity contribution in [3.63, 3.8) is 0 Å². The van der Waals surface area contributed by atoms with Crippen molar-refractivity contribution in [2.45, 2.75) is 24.0 Å². The average molecular weight is 291 g/mol. The molecule has 1 aromatic carbocycles. The number of nitrogens with one attached hydrogen (secondary N) is 1. The number of benzene rings is 1. The van der Waals surface area contributed by atoms with E-state index in [2.05, 4.69) is 5.32 Å². The second-order valence-corrected chi connectivity index (χ2v) is 6.35. The maximum Gasteiger partial charge on any atom is 0.238 e. The predicted molar refractivity (Wildman–Crippen MR) is 71.2 cm³/mol. The normalized spacial score (nSPS) is 13.1. The predicted octanol–water partition coefficient (Wildman–Crippen LogP) is 1.22. The summed E-state index contributed by atoms with van der Waals surface area (Å²) in [5, 5.41) is 1.24. The molecule has 1 amide bonds. The number of halogens is 1. The van der Waals surface area contributed by atoms with Crippen molar-refractivity contribution in [1.29, 1.82) is 0 Å². The molecule has 7 heteroatoms. The molecule has 0 aliphatic rings. The van der Waals surface area contributed by atoms with Crippen LogP contribution in [0.3, 0.4) is 0 Å². The van der Waals surface area contributed by atoms with Crippen molar-refractivity contribution < 1.29 is 13.2 Å². The van der Waals surface area contributed by atoms with Crippen LogP contribution in [0.4, 0.5) is 5.69 Å². The molecule has 0 bridgehead atoms. The van der Waals surface area contributed by atoms with Gasteiger partial charge in [-0.05, 0) is 26.0 Å². The molecule has 3 N–H and O–H groups in total. The van der Waals surface area contributed by atoms with E-state index < -0.39 is 21.0 Å². The first-order chi connectivity index (χ1) is 8.32. The average Bonchev–Trinajstić information content (AvgIpc) is 2.27. The van der Waals surface area contributed by atoms with Crippen molar-refractivity contribution in [3.05, 3.63) is 23.2 Å². The number of nitrogen functional groups attached to an aromatic ring is 1. The maximum absolute atomic E-state index is 12.3. The van der Waals surface area contributed by atoms with Gasteiger partial charge in [0.25, 0.3) is 0 Å². The number of hydrogen-bond acceptors (Lipinski definition) is 4. The van der Waals surface area contributed by atoms with Crippen molar-refractivity contribution in [2.75, 3.05) is 12.3 Å². The largest absolute Gasteiger partial charge is 0.398 e.